The number of nitrogens with one attached hydrogen (secondary N) is 1. The number of halogens is 2. The highest BCUT2D eigenvalue weighted by Crippen LogP contribution is 2.21. The topological polar surface area (TPSA) is 38.3 Å². The molecule has 5 heteroatoms. The van der Waals surface area contributed by atoms with E-state index in [1.54, 1.807) is 13.0 Å². The van der Waals surface area contributed by atoms with E-state index in [1.807, 2.05) is 6.92 Å². The first-order valence-electron chi connectivity index (χ1n) is 5.45. The molecule has 1 rings (SSSR count). The van der Waals surface area contributed by atoms with Crippen LogP contribution in [0, 0.1) is 5.82 Å². The maximum absolute atomic E-state index is 13.3. The molecule has 1 unspecified atom stereocenters. The van der Waals surface area contributed by atoms with E-state index in [2.05, 4.69) is 5.32 Å². The molecule has 0 saturated carbocycles. The first kappa shape index (κ1) is 13.9. The van der Waals surface area contributed by atoms with Crippen molar-refractivity contribution in [1.82, 2.24) is 5.32 Å². The van der Waals surface area contributed by atoms with Crippen LogP contribution in [0.3, 0.4) is 0 Å². The van der Waals surface area contributed by atoms with Gasteiger partial charge in [-0.15, -0.1) is 0 Å². The van der Waals surface area contributed by atoms with E-state index in [9.17, 15) is 9.18 Å². The van der Waals surface area contributed by atoms with Crippen molar-refractivity contribution in [2.24, 2.45) is 0 Å². The van der Waals surface area contributed by atoms with Gasteiger partial charge in [0, 0.05) is 0 Å². The second kappa shape index (κ2) is 6.57. The highest BCUT2D eigenvalue weighted by Gasteiger charge is 2.21. The minimum Gasteiger partial charge on any atom is -0.465 e. The average Bonchev–Trinajstić information content (AvgIpc) is 2.30. The smallest absolute Gasteiger partial charge is 0.327 e. The summed E-state index contributed by atoms with van der Waals surface area (Å²) >= 11 is 5.59. The molecule has 0 aliphatic heterocycles. The van der Waals surface area contributed by atoms with Crippen LogP contribution in [0.2, 0.25) is 5.02 Å². The molecule has 94 valence electrons. The third-order valence-corrected chi connectivity index (χ3v) is 2.51. The molecule has 1 aromatic rings. The molecule has 0 bridgehead atoms. The number of rotatable bonds is 5. The maximum Gasteiger partial charge on any atom is 0.327 e. The quantitative estimate of drug-likeness (QED) is 0.827. The number of hydrogen-bond donors (Lipinski definition) is 1. The van der Waals surface area contributed by atoms with Crippen molar-refractivity contribution in [3.63, 3.8) is 0 Å². The SMILES string of the molecule is CCNC(C(=O)OCC)c1ccc(Cl)c(F)c1. The van der Waals surface area contributed by atoms with Crippen LogP contribution in [-0.4, -0.2) is 19.1 Å². The Labute approximate surface area is 105 Å². The van der Waals surface area contributed by atoms with Gasteiger partial charge in [0.1, 0.15) is 11.9 Å². The molecule has 0 heterocycles. The molecular weight excluding hydrogens is 245 g/mol. The third-order valence-electron chi connectivity index (χ3n) is 2.21. The first-order valence-corrected chi connectivity index (χ1v) is 5.82. The zero-order valence-corrected chi connectivity index (χ0v) is 10.6. The predicted octanol–water partition coefficient (Wildman–Crippen LogP) is 2.69. The van der Waals surface area contributed by atoms with Crippen LogP contribution in [-0.2, 0) is 9.53 Å². The van der Waals surface area contributed by atoms with Gasteiger partial charge in [-0.2, -0.15) is 0 Å². The number of ether oxygens (including phenoxy) is 1. The van der Waals surface area contributed by atoms with Crippen LogP contribution in [0.15, 0.2) is 18.2 Å². The van der Waals surface area contributed by atoms with Gasteiger partial charge in [-0.05, 0) is 31.2 Å². The van der Waals surface area contributed by atoms with Gasteiger partial charge in [-0.25, -0.2) is 9.18 Å². The van der Waals surface area contributed by atoms with Crippen LogP contribution in [0.4, 0.5) is 4.39 Å². The lowest BCUT2D eigenvalue weighted by Gasteiger charge is -2.16. The largest absolute Gasteiger partial charge is 0.465 e. The maximum atomic E-state index is 13.3. The fraction of sp³-hybridized carbons (Fsp3) is 0.417. The molecule has 0 amide bonds. The van der Waals surface area contributed by atoms with Gasteiger partial charge in [0.2, 0.25) is 0 Å². The summed E-state index contributed by atoms with van der Waals surface area (Å²) in [5.74, 6) is -0.965. The van der Waals surface area contributed by atoms with E-state index in [1.165, 1.54) is 12.1 Å². The molecule has 3 nitrogen and oxygen atoms in total. The summed E-state index contributed by atoms with van der Waals surface area (Å²) in [7, 11) is 0. The van der Waals surface area contributed by atoms with Crippen molar-refractivity contribution in [3.05, 3.63) is 34.6 Å². The number of benzene rings is 1. The summed E-state index contributed by atoms with van der Waals surface area (Å²) in [5.41, 5.74) is 0.507. The number of carbonyl (C=O) groups excluding carboxylic acids is 1. The molecule has 1 N–H and O–H groups in total. The van der Waals surface area contributed by atoms with Crippen LogP contribution < -0.4 is 5.32 Å². The zero-order chi connectivity index (χ0) is 12.8. The van der Waals surface area contributed by atoms with Gasteiger partial charge < -0.3 is 10.1 Å². The standard InChI is InChI=1S/C12H15ClFNO2/c1-3-15-11(12(16)17-4-2)8-5-6-9(13)10(14)7-8/h5-7,11,15H,3-4H2,1-2H3. The Hall–Kier alpha value is -1.13. The Morgan fingerprint density at radius 2 is 2.24 bits per heavy atom. The van der Waals surface area contributed by atoms with E-state index in [0.717, 1.165) is 0 Å². The summed E-state index contributed by atoms with van der Waals surface area (Å²) in [6, 6.07) is 3.62. The minimum absolute atomic E-state index is 0.0351. The van der Waals surface area contributed by atoms with Crippen molar-refractivity contribution in [2.45, 2.75) is 19.9 Å². The lowest BCUT2D eigenvalue weighted by atomic mass is 10.1. The lowest BCUT2D eigenvalue weighted by molar-refractivity contribution is -0.145. The van der Waals surface area contributed by atoms with E-state index >= 15 is 0 Å². The molecular formula is C12H15ClFNO2. The van der Waals surface area contributed by atoms with Gasteiger partial charge in [0.25, 0.3) is 0 Å². The Morgan fingerprint density at radius 1 is 1.53 bits per heavy atom. The first-order chi connectivity index (χ1) is 8.10. The summed E-state index contributed by atoms with van der Waals surface area (Å²) in [6.45, 7) is 4.45. The van der Waals surface area contributed by atoms with Crippen LogP contribution >= 0.6 is 11.6 Å². The zero-order valence-electron chi connectivity index (χ0n) is 9.80. The van der Waals surface area contributed by atoms with E-state index in [0.29, 0.717) is 12.1 Å². The molecule has 0 aromatic heterocycles. The van der Waals surface area contributed by atoms with Crippen molar-refractivity contribution in [2.75, 3.05) is 13.2 Å². The molecule has 1 atom stereocenters. The molecule has 0 fully saturated rings. The number of hydrogen-bond acceptors (Lipinski definition) is 3. The third kappa shape index (κ3) is 3.68. The Morgan fingerprint density at radius 3 is 2.76 bits per heavy atom. The summed E-state index contributed by atoms with van der Waals surface area (Å²) in [4.78, 5) is 11.7. The van der Waals surface area contributed by atoms with Crippen molar-refractivity contribution in [3.8, 4) is 0 Å². The van der Waals surface area contributed by atoms with Gasteiger partial charge in [0.05, 0.1) is 11.6 Å². The van der Waals surface area contributed by atoms with Crippen LogP contribution in [0.1, 0.15) is 25.5 Å². The van der Waals surface area contributed by atoms with Crippen LogP contribution in [0.5, 0.6) is 0 Å². The fourth-order valence-electron chi connectivity index (χ4n) is 1.46. The van der Waals surface area contributed by atoms with Gasteiger partial charge in [0.15, 0.2) is 0 Å². The summed E-state index contributed by atoms with van der Waals surface area (Å²) in [6.07, 6.45) is 0. The number of esters is 1. The monoisotopic (exact) mass is 259 g/mol. The normalized spacial score (nSPS) is 12.2. The highest BCUT2D eigenvalue weighted by atomic mass is 35.5. The Balaban J connectivity index is 2.96. The highest BCUT2D eigenvalue weighted by molar-refractivity contribution is 6.30. The fourth-order valence-corrected chi connectivity index (χ4v) is 1.58. The lowest BCUT2D eigenvalue weighted by Crippen LogP contribution is -2.30. The Kier molecular flexibility index (Phi) is 5.38. The molecule has 0 aliphatic carbocycles. The van der Waals surface area contributed by atoms with E-state index in [-0.39, 0.29) is 11.6 Å². The molecule has 0 aliphatic rings. The average molecular weight is 260 g/mol. The van der Waals surface area contributed by atoms with Crippen molar-refractivity contribution < 1.29 is 13.9 Å². The van der Waals surface area contributed by atoms with Gasteiger partial charge in [-0.3, -0.25) is 0 Å². The van der Waals surface area contributed by atoms with Crippen molar-refractivity contribution >= 4 is 17.6 Å². The van der Waals surface area contributed by atoms with Gasteiger partial charge >= 0.3 is 5.97 Å². The molecule has 0 radical (unpaired) electrons. The summed E-state index contributed by atoms with van der Waals surface area (Å²) in [5, 5.41) is 2.98. The second-order valence-electron chi connectivity index (χ2n) is 3.42. The number of carbonyl (C=O) groups is 1. The van der Waals surface area contributed by atoms with Crippen molar-refractivity contribution in [1.29, 1.82) is 0 Å². The van der Waals surface area contributed by atoms with Crippen LogP contribution in [0.25, 0.3) is 0 Å². The predicted molar refractivity (Wildman–Crippen MR) is 64.5 cm³/mol. The molecule has 1 aromatic carbocycles. The Bertz CT molecular complexity index is 398. The number of likely N-dealkylation sites (N-methyl/N-ethyl adjacent to an activating group) is 1. The molecule has 0 saturated heterocycles. The van der Waals surface area contributed by atoms with Gasteiger partial charge in [-0.1, -0.05) is 24.6 Å². The summed E-state index contributed by atoms with van der Waals surface area (Å²) < 4.78 is 18.2. The minimum atomic E-state index is -0.660. The second-order valence-corrected chi connectivity index (χ2v) is 3.82. The molecule has 0 spiro atoms. The van der Waals surface area contributed by atoms with E-state index in [4.69, 9.17) is 16.3 Å². The molecule has 17 heavy (non-hydrogen) atoms. The van der Waals surface area contributed by atoms with E-state index < -0.39 is 17.8 Å².